The van der Waals surface area contributed by atoms with E-state index < -0.39 is 0 Å². The highest BCUT2D eigenvalue weighted by Crippen LogP contribution is 2.37. The fourth-order valence-corrected chi connectivity index (χ4v) is 3.50. The molecule has 1 aliphatic heterocycles. The van der Waals surface area contributed by atoms with Crippen LogP contribution in [0.2, 0.25) is 10.0 Å². The first-order valence-corrected chi connectivity index (χ1v) is 9.39. The lowest BCUT2D eigenvalue weighted by Gasteiger charge is -2.20. The maximum absolute atomic E-state index is 6.07. The molecule has 3 aromatic rings. The Hall–Kier alpha value is -2.49. The summed E-state index contributed by atoms with van der Waals surface area (Å²) in [6.45, 7) is 0. The van der Waals surface area contributed by atoms with Crippen molar-refractivity contribution < 1.29 is 4.74 Å². The normalized spacial score (nSPS) is 18.7. The molecule has 0 unspecified atom stereocenters. The zero-order chi connectivity index (χ0) is 18.8. The van der Waals surface area contributed by atoms with Crippen molar-refractivity contribution in [1.29, 1.82) is 0 Å². The number of nitrogens with one attached hydrogen (secondary N) is 1. The number of methoxy groups -OCH3 is 1. The number of amidine groups is 1. The second-order valence-corrected chi connectivity index (χ2v) is 7.25. The van der Waals surface area contributed by atoms with Gasteiger partial charge in [-0.25, -0.2) is 0 Å². The third-order valence-electron chi connectivity index (χ3n) is 4.68. The van der Waals surface area contributed by atoms with Crippen LogP contribution in [0, 0.1) is 0 Å². The molecular formula is C22H18Cl2N2O. The molecule has 0 radical (unpaired) electrons. The monoisotopic (exact) mass is 396 g/mol. The van der Waals surface area contributed by atoms with Crippen molar-refractivity contribution in [2.75, 3.05) is 7.11 Å². The molecule has 3 aromatic carbocycles. The minimum Gasteiger partial charge on any atom is -0.497 e. The third-order valence-corrected chi connectivity index (χ3v) is 5.18. The minimum atomic E-state index is -0.0551. The molecule has 0 fully saturated rings. The van der Waals surface area contributed by atoms with E-state index in [1.54, 1.807) is 7.11 Å². The van der Waals surface area contributed by atoms with Crippen LogP contribution in [0.5, 0.6) is 5.75 Å². The van der Waals surface area contributed by atoms with E-state index in [4.69, 9.17) is 32.9 Å². The molecule has 0 bridgehead atoms. The topological polar surface area (TPSA) is 33.6 Å². The summed E-state index contributed by atoms with van der Waals surface area (Å²) < 4.78 is 5.25. The maximum Gasteiger partial charge on any atom is 0.129 e. The van der Waals surface area contributed by atoms with E-state index in [0.717, 1.165) is 33.3 Å². The molecule has 1 N–H and O–H groups in total. The third kappa shape index (κ3) is 3.80. The highest BCUT2D eigenvalue weighted by Gasteiger charge is 2.31. The second-order valence-electron chi connectivity index (χ2n) is 6.38. The predicted octanol–water partition coefficient (Wildman–Crippen LogP) is 5.83. The van der Waals surface area contributed by atoms with Crippen LogP contribution in [0.4, 0.5) is 0 Å². The molecule has 0 spiro atoms. The molecule has 0 aliphatic carbocycles. The molecule has 0 amide bonds. The van der Waals surface area contributed by atoms with E-state index in [1.165, 1.54) is 0 Å². The number of aliphatic imine (C=N–C) groups is 1. The standard InChI is InChI=1S/C22H18Cl2N2O/c1-27-19-12-6-16(7-13-19)22-25-20(14-2-8-17(23)9-3-14)21(26-22)15-4-10-18(24)11-5-15/h2-13,20-21H,1H3,(H,25,26)/t20-,21+. The summed E-state index contributed by atoms with van der Waals surface area (Å²) in [5.41, 5.74) is 3.26. The van der Waals surface area contributed by atoms with Gasteiger partial charge in [0, 0.05) is 15.6 Å². The molecule has 5 heteroatoms. The minimum absolute atomic E-state index is 0.0144. The number of halogens is 2. The van der Waals surface area contributed by atoms with Crippen LogP contribution in [0.1, 0.15) is 28.8 Å². The van der Waals surface area contributed by atoms with Crippen LogP contribution < -0.4 is 10.1 Å². The molecule has 3 nitrogen and oxygen atoms in total. The van der Waals surface area contributed by atoms with Crippen molar-refractivity contribution in [3.8, 4) is 5.75 Å². The van der Waals surface area contributed by atoms with E-state index >= 15 is 0 Å². The summed E-state index contributed by atoms with van der Waals surface area (Å²) in [4.78, 5) is 4.98. The number of benzene rings is 3. The smallest absolute Gasteiger partial charge is 0.129 e. The van der Waals surface area contributed by atoms with Gasteiger partial charge in [-0.2, -0.15) is 0 Å². The first-order valence-electron chi connectivity index (χ1n) is 8.64. The van der Waals surface area contributed by atoms with Gasteiger partial charge < -0.3 is 10.1 Å². The average Bonchev–Trinajstić information content (AvgIpc) is 3.14. The quantitative estimate of drug-likeness (QED) is 0.601. The van der Waals surface area contributed by atoms with E-state index in [2.05, 4.69) is 5.32 Å². The number of rotatable bonds is 4. The first-order chi connectivity index (χ1) is 13.1. The van der Waals surface area contributed by atoms with Crippen LogP contribution in [0.3, 0.4) is 0 Å². The lowest BCUT2D eigenvalue weighted by molar-refractivity contribution is 0.415. The lowest BCUT2D eigenvalue weighted by Crippen LogP contribution is -2.25. The van der Waals surface area contributed by atoms with Gasteiger partial charge in [0.15, 0.2) is 0 Å². The van der Waals surface area contributed by atoms with Gasteiger partial charge in [-0.3, -0.25) is 4.99 Å². The van der Waals surface area contributed by atoms with Crippen molar-refractivity contribution in [3.63, 3.8) is 0 Å². The molecule has 1 heterocycles. The summed E-state index contributed by atoms with van der Waals surface area (Å²) in [6, 6.07) is 23.6. The lowest BCUT2D eigenvalue weighted by atomic mass is 9.95. The molecule has 1 aliphatic rings. The number of nitrogens with zero attached hydrogens (tertiary/aromatic N) is 1. The Kier molecular flexibility index (Phi) is 5.06. The molecule has 0 aromatic heterocycles. The predicted molar refractivity (Wildman–Crippen MR) is 111 cm³/mol. The Morgan fingerprint density at radius 2 is 1.33 bits per heavy atom. The van der Waals surface area contributed by atoms with E-state index in [0.29, 0.717) is 5.02 Å². The number of hydrogen-bond acceptors (Lipinski definition) is 3. The Balaban J connectivity index is 1.72. The van der Waals surface area contributed by atoms with Gasteiger partial charge >= 0.3 is 0 Å². The number of ether oxygens (including phenoxy) is 1. The van der Waals surface area contributed by atoms with Crippen LogP contribution in [-0.4, -0.2) is 12.9 Å². The largest absolute Gasteiger partial charge is 0.497 e. The maximum atomic E-state index is 6.07. The van der Waals surface area contributed by atoms with Crippen LogP contribution >= 0.6 is 23.2 Å². The van der Waals surface area contributed by atoms with Crippen molar-refractivity contribution in [2.24, 2.45) is 4.99 Å². The first kappa shape index (κ1) is 17.9. The van der Waals surface area contributed by atoms with Crippen molar-refractivity contribution in [2.45, 2.75) is 12.1 Å². The molecule has 4 rings (SSSR count). The zero-order valence-corrected chi connectivity index (χ0v) is 16.2. The highest BCUT2D eigenvalue weighted by molar-refractivity contribution is 6.30. The van der Waals surface area contributed by atoms with Crippen LogP contribution in [-0.2, 0) is 0 Å². The van der Waals surface area contributed by atoms with Gasteiger partial charge in [-0.1, -0.05) is 47.5 Å². The Morgan fingerprint density at radius 3 is 1.89 bits per heavy atom. The molecule has 0 saturated carbocycles. The summed E-state index contributed by atoms with van der Waals surface area (Å²) >= 11 is 12.1. The molecule has 2 atom stereocenters. The Labute approximate surface area is 168 Å². The second kappa shape index (κ2) is 7.63. The van der Waals surface area contributed by atoms with Gasteiger partial charge in [0.25, 0.3) is 0 Å². The summed E-state index contributed by atoms with van der Waals surface area (Å²) in [5, 5.41) is 5.01. The Morgan fingerprint density at radius 1 is 0.778 bits per heavy atom. The van der Waals surface area contributed by atoms with Gasteiger partial charge in [-0.05, 0) is 59.7 Å². The fourth-order valence-electron chi connectivity index (χ4n) is 3.25. The zero-order valence-electron chi connectivity index (χ0n) is 14.7. The van der Waals surface area contributed by atoms with Gasteiger partial charge in [-0.15, -0.1) is 0 Å². The van der Waals surface area contributed by atoms with E-state index in [9.17, 15) is 0 Å². The molecule has 0 saturated heterocycles. The van der Waals surface area contributed by atoms with Crippen molar-refractivity contribution in [1.82, 2.24) is 5.32 Å². The van der Waals surface area contributed by atoms with Gasteiger partial charge in [0.2, 0.25) is 0 Å². The highest BCUT2D eigenvalue weighted by atomic mass is 35.5. The summed E-state index contributed by atoms with van der Waals surface area (Å²) in [7, 11) is 1.66. The molecule has 27 heavy (non-hydrogen) atoms. The van der Waals surface area contributed by atoms with Gasteiger partial charge in [0.05, 0.1) is 13.2 Å². The SMILES string of the molecule is COc1ccc(C2=N[C@H](c3ccc(Cl)cc3)[C@H](c3ccc(Cl)cc3)N2)cc1. The summed E-state index contributed by atoms with van der Waals surface area (Å²) in [6.07, 6.45) is 0. The van der Waals surface area contributed by atoms with Crippen LogP contribution in [0.15, 0.2) is 77.8 Å². The van der Waals surface area contributed by atoms with Crippen LogP contribution in [0.25, 0.3) is 0 Å². The van der Waals surface area contributed by atoms with Gasteiger partial charge in [0.1, 0.15) is 17.6 Å². The molecular weight excluding hydrogens is 379 g/mol. The molecule has 136 valence electrons. The summed E-state index contributed by atoms with van der Waals surface area (Å²) in [5.74, 6) is 1.68. The number of hydrogen-bond donors (Lipinski definition) is 1. The van der Waals surface area contributed by atoms with Crippen molar-refractivity contribution >= 4 is 29.0 Å². The van der Waals surface area contributed by atoms with E-state index in [-0.39, 0.29) is 12.1 Å². The van der Waals surface area contributed by atoms with Crippen molar-refractivity contribution in [3.05, 3.63) is 99.5 Å². The average molecular weight is 397 g/mol. The fraction of sp³-hybridized carbons (Fsp3) is 0.136. The van der Waals surface area contributed by atoms with E-state index in [1.807, 2.05) is 72.8 Å². The Bertz CT molecular complexity index is 951.